The molecule has 3 nitrogen and oxygen atoms in total. The van der Waals surface area contributed by atoms with Crippen LogP contribution in [0.5, 0.6) is 5.75 Å². The zero-order chi connectivity index (χ0) is 12.5. The van der Waals surface area contributed by atoms with Crippen molar-refractivity contribution in [2.45, 2.75) is 31.2 Å². The maximum absolute atomic E-state index is 13.8. The van der Waals surface area contributed by atoms with Crippen LogP contribution < -0.4 is 0 Å². The van der Waals surface area contributed by atoms with Crippen molar-refractivity contribution in [2.75, 3.05) is 0 Å². The molecule has 90 valence electrons. The van der Waals surface area contributed by atoms with E-state index < -0.39 is 17.2 Å². The van der Waals surface area contributed by atoms with Crippen molar-refractivity contribution in [3.63, 3.8) is 0 Å². The topological polar surface area (TPSA) is 49.7 Å². The van der Waals surface area contributed by atoms with Crippen molar-refractivity contribution in [1.82, 2.24) is 0 Å². The molecule has 0 amide bonds. The molecule has 1 aliphatic rings. The molecular formula is C12H11F2NO2. The van der Waals surface area contributed by atoms with E-state index in [1.54, 1.807) is 0 Å². The summed E-state index contributed by atoms with van der Waals surface area (Å²) in [5, 5.41) is 9.67. The van der Waals surface area contributed by atoms with Crippen molar-refractivity contribution >= 4 is 6.08 Å². The summed E-state index contributed by atoms with van der Waals surface area (Å²) in [6.07, 6.45) is 3.72. The van der Waals surface area contributed by atoms with E-state index in [2.05, 4.69) is 4.99 Å². The summed E-state index contributed by atoms with van der Waals surface area (Å²) in [7, 11) is 0. The molecule has 0 unspecified atom stereocenters. The third-order valence-electron chi connectivity index (χ3n) is 3.23. The molecule has 1 aromatic rings. The maximum atomic E-state index is 13.8. The number of phenolic OH excluding ortho intramolecular Hbond substituents is 1. The molecule has 0 aromatic heterocycles. The smallest absolute Gasteiger partial charge is 0.235 e. The Balaban J connectivity index is 2.65. The molecular weight excluding hydrogens is 228 g/mol. The number of isocyanates is 1. The van der Waals surface area contributed by atoms with Crippen LogP contribution in [0.25, 0.3) is 0 Å². The SMILES string of the molecule is O=C=NC1(c2c(O)ccc(F)c2F)CCCC1. The number of nitrogens with zero attached hydrogens (tertiary/aromatic N) is 1. The van der Waals surface area contributed by atoms with Gasteiger partial charge in [0.05, 0.1) is 5.56 Å². The van der Waals surface area contributed by atoms with Gasteiger partial charge in [0.15, 0.2) is 11.6 Å². The molecule has 17 heavy (non-hydrogen) atoms. The highest BCUT2D eigenvalue weighted by molar-refractivity contribution is 5.45. The lowest BCUT2D eigenvalue weighted by Gasteiger charge is -2.24. The van der Waals surface area contributed by atoms with Gasteiger partial charge in [-0.15, -0.1) is 0 Å². The van der Waals surface area contributed by atoms with Gasteiger partial charge in [0.1, 0.15) is 11.3 Å². The molecule has 0 heterocycles. The molecule has 0 bridgehead atoms. The second-order valence-electron chi connectivity index (χ2n) is 4.20. The number of hydrogen-bond acceptors (Lipinski definition) is 3. The minimum absolute atomic E-state index is 0.224. The Hall–Kier alpha value is -1.74. The van der Waals surface area contributed by atoms with Gasteiger partial charge in [0.2, 0.25) is 6.08 Å². The summed E-state index contributed by atoms with van der Waals surface area (Å²) >= 11 is 0. The Kier molecular flexibility index (Phi) is 2.94. The van der Waals surface area contributed by atoms with Crippen LogP contribution in [0.15, 0.2) is 17.1 Å². The third-order valence-corrected chi connectivity index (χ3v) is 3.23. The largest absolute Gasteiger partial charge is 0.507 e. The Labute approximate surface area is 96.8 Å². The van der Waals surface area contributed by atoms with Crippen LogP contribution in [0.2, 0.25) is 0 Å². The molecule has 0 atom stereocenters. The molecule has 0 radical (unpaired) electrons. The van der Waals surface area contributed by atoms with E-state index in [1.165, 1.54) is 6.08 Å². The second kappa shape index (κ2) is 4.26. The maximum Gasteiger partial charge on any atom is 0.235 e. The van der Waals surface area contributed by atoms with Crippen molar-refractivity contribution in [3.05, 3.63) is 29.3 Å². The quantitative estimate of drug-likeness (QED) is 0.637. The summed E-state index contributed by atoms with van der Waals surface area (Å²) < 4.78 is 27.0. The Morgan fingerprint density at radius 2 is 1.94 bits per heavy atom. The first-order valence-corrected chi connectivity index (χ1v) is 5.37. The molecule has 0 aliphatic heterocycles. The summed E-state index contributed by atoms with van der Waals surface area (Å²) in [6.45, 7) is 0. The number of hydrogen-bond donors (Lipinski definition) is 1. The van der Waals surface area contributed by atoms with Gasteiger partial charge in [0, 0.05) is 0 Å². The molecule has 1 fully saturated rings. The molecule has 0 spiro atoms. The van der Waals surface area contributed by atoms with Crippen molar-refractivity contribution in [1.29, 1.82) is 0 Å². The number of carbonyl (C=O) groups excluding carboxylic acids is 1. The van der Waals surface area contributed by atoms with Crippen LogP contribution in [0.4, 0.5) is 8.78 Å². The van der Waals surface area contributed by atoms with E-state index in [9.17, 15) is 18.7 Å². The average Bonchev–Trinajstić information content (AvgIpc) is 2.74. The number of aromatic hydroxyl groups is 1. The summed E-state index contributed by atoms with van der Waals surface area (Å²) in [4.78, 5) is 14.1. The highest BCUT2D eigenvalue weighted by Gasteiger charge is 2.40. The summed E-state index contributed by atoms with van der Waals surface area (Å²) in [5.74, 6) is -2.55. The van der Waals surface area contributed by atoms with Crippen LogP contribution in [0, 0.1) is 11.6 Å². The van der Waals surface area contributed by atoms with Gasteiger partial charge in [-0.3, -0.25) is 0 Å². The predicted molar refractivity (Wildman–Crippen MR) is 56.3 cm³/mol. The number of aliphatic imine (C=N–C) groups is 1. The first kappa shape index (κ1) is 11.7. The zero-order valence-corrected chi connectivity index (χ0v) is 9.04. The molecule has 5 heteroatoms. The van der Waals surface area contributed by atoms with Gasteiger partial charge < -0.3 is 5.11 Å². The van der Waals surface area contributed by atoms with Crippen LogP contribution in [0.1, 0.15) is 31.2 Å². The van der Waals surface area contributed by atoms with Crippen LogP contribution in [-0.2, 0) is 10.3 Å². The lowest BCUT2D eigenvalue weighted by atomic mass is 9.87. The normalized spacial score (nSPS) is 17.8. The Morgan fingerprint density at radius 1 is 1.29 bits per heavy atom. The van der Waals surface area contributed by atoms with E-state index in [1.807, 2.05) is 0 Å². The number of phenols is 1. The van der Waals surface area contributed by atoms with Crippen LogP contribution in [0.3, 0.4) is 0 Å². The first-order chi connectivity index (χ1) is 8.10. The number of benzene rings is 1. The van der Waals surface area contributed by atoms with Gasteiger partial charge in [-0.1, -0.05) is 12.8 Å². The minimum Gasteiger partial charge on any atom is -0.507 e. The fourth-order valence-corrected chi connectivity index (χ4v) is 2.45. The molecule has 1 aromatic carbocycles. The van der Waals surface area contributed by atoms with Gasteiger partial charge in [-0.05, 0) is 25.0 Å². The zero-order valence-electron chi connectivity index (χ0n) is 9.04. The fourth-order valence-electron chi connectivity index (χ4n) is 2.45. The van der Waals surface area contributed by atoms with E-state index in [0.717, 1.165) is 25.0 Å². The first-order valence-electron chi connectivity index (χ1n) is 5.37. The summed E-state index contributed by atoms with van der Waals surface area (Å²) in [5.41, 5.74) is -1.38. The van der Waals surface area contributed by atoms with Gasteiger partial charge in [0.25, 0.3) is 0 Å². The van der Waals surface area contributed by atoms with E-state index in [-0.39, 0.29) is 11.3 Å². The summed E-state index contributed by atoms with van der Waals surface area (Å²) in [6, 6.07) is 1.93. The standard InChI is InChI=1S/C12H11F2NO2/c13-8-3-4-9(17)10(11(8)14)12(15-7-16)5-1-2-6-12/h3-4,17H,1-2,5-6H2. The molecule has 2 rings (SSSR count). The Morgan fingerprint density at radius 3 is 2.53 bits per heavy atom. The Bertz CT molecular complexity index is 490. The second-order valence-corrected chi connectivity index (χ2v) is 4.20. The van der Waals surface area contributed by atoms with Crippen molar-refractivity contribution in [2.24, 2.45) is 4.99 Å². The highest BCUT2D eigenvalue weighted by atomic mass is 19.2. The van der Waals surface area contributed by atoms with Crippen molar-refractivity contribution < 1.29 is 18.7 Å². The lowest BCUT2D eigenvalue weighted by Crippen LogP contribution is -2.21. The molecule has 0 saturated heterocycles. The molecule has 1 N–H and O–H groups in total. The number of halogens is 2. The lowest BCUT2D eigenvalue weighted by molar-refractivity contribution is 0.374. The van der Waals surface area contributed by atoms with Gasteiger partial charge >= 0.3 is 0 Å². The monoisotopic (exact) mass is 239 g/mol. The van der Waals surface area contributed by atoms with Crippen LogP contribution >= 0.6 is 0 Å². The molecule has 1 saturated carbocycles. The number of rotatable bonds is 2. The van der Waals surface area contributed by atoms with E-state index >= 15 is 0 Å². The van der Waals surface area contributed by atoms with Crippen LogP contribution in [-0.4, -0.2) is 11.2 Å². The average molecular weight is 239 g/mol. The minimum atomic E-state index is -1.15. The van der Waals surface area contributed by atoms with Gasteiger partial charge in [-0.25, -0.2) is 13.6 Å². The van der Waals surface area contributed by atoms with E-state index in [4.69, 9.17) is 0 Å². The third kappa shape index (κ3) is 1.83. The highest BCUT2D eigenvalue weighted by Crippen LogP contribution is 2.46. The molecule has 1 aliphatic carbocycles. The fraction of sp³-hybridized carbons (Fsp3) is 0.417. The van der Waals surface area contributed by atoms with E-state index in [0.29, 0.717) is 12.8 Å². The van der Waals surface area contributed by atoms with Gasteiger partial charge in [-0.2, -0.15) is 4.99 Å². The predicted octanol–water partition coefficient (Wildman–Crippen LogP) is 2.78. The van der Waals surface area contributed by atoms with Crippen molar-refractivity contribution in [3.8, 4) is 5.75 Å².